The van der Waals surface area contributed by atoms with Crippen LogP contribution in [0.2, 0.25) is 0 Å². The van der Waals surface area contributed by atoms with Gasteiger partial charge in [0, 0.05) is 13.1 Å². The second-order valence-electron chi connectivity index (χ2n) is 5.01. The Morgan fingerprint density at radius 3 is 2.63 bits per heavy atom. The van der Waals surface area contributed by atoms with Gasteiger partial charge in [0.1, 0.15) is 5.76 Å². The maximum absolute atomic E-state index is 12.4. The largest absolute Gasteiger partial charge is 0.447 e. The molecular weight excluding hydrogens is 264 g/mol. The summed E-state index contributed by atoms with van der Waals surface area (Å²) in [5, 5.41) is 3.00. The van der Waals surface area contributed by atoms with Gasteiger partial charge >= 0.3 is 0 Å². The maximum atomic E-state index is 12.4. The molecule has 1 saturated heterocycles. The molecular formula is C13H22N2O3S. The van der Waals surface area contributed by atoms with Crippen molar-refractivity contribution < 1.29 is 12.8 Å². The third kappa shape index (κ3) is 3.19. The molecule has 0 unspecified atom stereocenters. The molecule has 108 valence electrons. The first-order valence-corrected chi connectivity index (χ1v) is 8.25. The zero-order chi connectivity index (χ0) is 13.9. The van der Waals surface area contributed by atoms with Crippen molar-refractivity contribution in [2.75, 3.05) is 20.1 Å². The van der Waals surface area contributed by atoms with E-state index in [1.165, 1.54) is 0 Å². The summed E-state index contributed by atoms with van der Waals surface area (Å²) in [6, 6.07) is 3.26. The maximum Gasteiger partial charge on any atom is 0.276 e. The SMILES string of the molecule is CCC1CCN(S(=O)(=O)c2ccc(CNC)o2)CC1. The third-order valence-electron chi connectivity index (χ3n) is 3.73. The van der Waals surface area contributed by atoms with Gasteiger partial charge in [-0.3, -0.25) is 0 Å². The Hall–Kier alpha value is -0.850. The zero-order valence-corrected chi connectivity index (χ0v) is 12.4. The highest BCUT2D eigenvalue weighted by Gasteiger charge is 2.31. The van der Waals surface area contributed by atoms with E-state index in [1.807, 2.05) is 0 Å². The molecule has 0 aromatic carbocycles. The highest BCUT2D eigenvalue weighted by atomic mass is 32.2. The van der Waals surface area contributed by atoms with Gasteiger partial charge in [0.25, 0.3) is 10.0 Å². The summed E-state index contributed by atoms with van der Waals surface area (Å²) < 4.78 is 31.8. The second-order valence-corrected chi connectivity index (χ2v) is 6.88. The first kappa shape index (κ1) is 14.6. The van der Waals surface area contributed by atoms with Crippen LogP contribution in [-0.4, -0.2) is 32.9 Å². The second kappa shape index (κ2) is 6.07. The van der Waals surface area contributed by atoms with Crippen LogP contribution in [0.25, 0.3) is 0 Å². The summed E-state index contributed by atoms with van der Waals surface area (Å²) in [5.74, 6) is 1.30. The molecule has 2 heterocycles. The van der Waals surface area contributed by atoms with Crippen molar-refractivity contribution >= 4 is 10.0 Å². The number of rotatable bonds is 5. The molecule has 0 saturated carbocycles. The Labute approximate surface area is 115 Å². The van der Waals surface area contributed by atoms with Crippen molar-refractivity contribution in [3.05, 3.63) is 17.9 Å². The minimum absolute atomic E-state index is 0.0627. The Morgan fingerprint density at radius 1 is 1.37 bits per heavy atom. The monoisotopic (exact) mass is 286 g/mol. The molecule has 0 amide bonds. The van der Waals surface area contributed by atoms with Gasteiger partial charge in [-0.05, 0) is 37.9 Å². The molecule has 1 aliphatic rings. The van der Waals surface area contributed by atoms with E-state index < -0.39 is 10.0 Å². The minimum Gasteiger partial charge on any atom is -0.447 e. The molecule has 0 atom stereocenters. The highest BCUT2D eigenvalue weighted by molar-refractivity contribution is 7.89. The smallest absolute Gasteiger partial charge is 0.276 e. The molecule has 1 aliphatic heterocycles. The van der Waals surface area contributed by atoms with E-state index in [9.17, 15) is 8.42 Å². The summed E-state index contributed by atoms with van der Waals surface area (Å²) in [7, 11) is -1.65. The van der Waals surface area contributed by atoms with Gasteiger partial charge in [-0.1, -0.05) is 13.3 Å². The number of nitrogens with one attached hydrogen (secondary N) is 1. The average Bonchev–Trinajstić information content (AvgIpc) is 2.89. The lowest BCUT2D eigenvalue weighted by atomic mass is 9.96. The zero-order valence-electron chi connectivity index (χ0n) is 11.6. The molecule has 1 aromatic heterocycles. The van der Waals surface area contributed by atoms with Gasteiger partial charge in [-0.15, -0.1) is 0 Å². The van der Waals surface area contributed by atoms with Crippen LogP contribution in [0.4, 0.5) is 0 Å². The molecule has 19 heavy (non-hydrogen) atoms. The summed E-state index contributed by atoms with van der Waals surface area (Å²) >= 11 is 0. The summed E-state index contributed by atoms with van der Waals surface area (Å²) in [6.45, 7) is 3.89. The van der Waals surface area contributed by atoms with Crippen molar-refractivity contribution in [3.8, 4) is 0 Å². The molecule has 0 bridgehead atoms. The Balaban J connectivity index is 2.09. The summed E-state index contributed by atoms with van der Waals surface area (Å²) in [6.07, 6.45) is 3.01. The fraction of sp³-hybridized carbons (Fsp3) is 0.692. The quantitative estimate of drug-likeness (QED) is 0.896. The first-order valence-electron chi connectivity index (χ1n) is 6.81. The molecule has 1 aromatic rings. The van der Waals surface area contributed by atoms with Crippen LogP contribution >= 0.6 is 0 Å². The lowest BCUT2D eigenvalue weighted by molar-refractivity contribution is 0.262. The van der Waals surface area contributed by atoms with Crippen LogP contribution in [0.5, 0.6) is 0 Å². The first-order chi connectivity index (χ1) is 9.07. The molecule has 1 N–H and O–H groups in total. The fourth-order valence-corrected chi connectivity index (χ4v) is 3.85. The van der Waals surface area contributed by atoms with Crippen molar-refractivity contribution in [2.24, 2.45) is 5.92 Å². The third-order valence-corrected chi connectivity index (χ3v) is 5.51. The number of piperidine rings is 1. The Bertz CT molecular complexity index is 502. The van der Waals surface area contributed by atoms with Gasteiger partial charge in [0.15, 0.2) is 0 Å². The predicted molar refractivity (Wildman–Crippen MR) is 73.2 cm³/mol. The van der Waals surface area contributed by atoms with Gasteiger partial charge in [-0.2, -0.15) is 4.31 Å². The molecule has 0 spiro atoms. The number of furan rings is 1. The van der Waals surface area contributed by atoms with E-state index in [2.05, 4.69) is 12.2 Å². The molecule has 0 aliphatic carbocycles. The predicted octanol–water partition coefficient (Wildman–Crippen LogP) is 1.81. The van der Waals surface area contributed by atoms with Crippen LogP contribution in [0.1, 0.15) is 31.9 Å². The van der Waals surface area contributed by atoms with Crippen LogP contribution in [-0.2, 0) is 16.6 Å². The highest BCUT2D eigenvalue weighted by Crippen LogP contribution is 2.26. The van der Waals surface area contributed by atoms with Crippen LogP contribution in [0.3, 0.4) is 0 Å². The van der Waals surface area contributed by atoms with E-state index >= 15 is 0 Å². The van der Waals surface area contributed by atoms with E-state index in [4.69, 9.17) is 4.42 Å². The van der Waals surface area contributed by atoms with Gasteiger partial charge in [0.05, 0.1) is 6.54 Å². The molecule has 1 fully saturated rings. The van der Waals surface area contributed by atoms with E-state index in [0.717, 1.165) is 19.3 Å². The van der Waals surface area contributed by atoms with E-state index in [0.29, 0.717) is 31.3 Å². The average molecular weight is 286 g/mol. The minimum atomic E-state index is -3.45. The van der Waals surface area contributed by atoms with Crippen molar-refractivity contribution in [1.29, 1.82) is 0 Å². The molecule has 6 heteroatoms. The van der Waals surface area contributed by atoms with Crippen LogP contribution < -0.4 is 5.32 Å². The molecule has 2 rings (SSSR count). The number of nitrogens with zero attached hydrogens (tertiary/aromatic N) is 1. The summed E-state index contributed by atoms with van der Waals surface area (Å²) in [5.41, 5.74) is 0. The molecule has 0 radical (unpaired) electrons. The standard InChI is InChI=1S/C13H22N2O3S/c1-3-11-6-8-15(9-7-11)19(16,17)13-5-4-12(18-13)10-14-2/h4-5,11,14H,3,6-10H2,1-2H3. The van der Waals surface area contributed by atoms with E-state index in [-0.39, 0.29) is 5.09 Å². The van der Waals surface area contributed by atoms with Gasteiger partial charge in [0.2, 0.25) is 5.09 Å². The number of sulfonamides is 1. The van der Waals surface area contributed by atoms with Crippen molar-refractivity contribution in [2.45, 2.75) is 37.8 Å². The fourth-order valence-electron chi connectivity index (χ4n) is 2.45. The number of hydrogen-bond donors (Lipinski definition) is 1. The lowest BCUT2D eigenvalue weighted by Crippen LogP contribution is -2.38. The van der Waals surface area contributed by atoms with E-state index in [1.54, 1.807) is 23.5 Å². The molecule has 5 nitrogen and oxygen atoms in total. The lowest BCUT2D eigenvalue weighted by Gasteiger charge is -2.29. The van der Waals surface area contributed by atoms with Crippen molar-refractivity contribution in [3.63, 3.8) is 0 Å². The Morgan fingerprint density at radius 2 is 2.05 bits per heavy atom. The number of hydrogen-bond acceptors (Lipinski definition) is 4. The van der Waals surface area contributed by atoms with Crippen LogP contribution in [0.15, 0.2) is 21.6 Å². The summed E-state index contributed by atoms with van der Waals surface area (Å²) in [4.78, 5) is 0. The van der Waals surface area contributed by atoms with Crippen LogP contribution in [0, 0.1) is 5.92 Å². The van der Waals surface area contributed by atoms with Crippen molar-refractivity contribution in [1.82, 2.24) is 9.62 Å². The van der Waals surface area contributed by atoms with Gasteiger partial charge in [-0.25, -0.2) is 8.42 Å². The Kier molecular flexibility index (Phi) is 4.65. The van der Waals surface area contributed by atoms with Gasteiger partial charge < -0.3 is 9.73 Å². The topological polar surface area (TPSA) is 62.6 Å². The normalized spacial score (nSPS) is 18.8.